The number of pyridine rings is 2. The largest absolute Gasteiger partial charge is 0.456 e. The first-order chi connectivity index (χ1) is 27.9. The number of nitrogens with zero attached hydrogens (tertiary/aromatic N) is 4. The number of likely N-dealkylation sites (tertiary alicyclic amines) is 2. The van der Waals surface area contributed by atoms with Gasteiger partial charge in [0.25, 0.3) is 11.8 Å². The van der Waals surface area contributed by atoms with E-state index in [1.165, 1.54) is 0 Å². The van der Waals surface area contributed by atoms with E-state index in [2.05, 4.69) is 20.6 Å². The summed E-state index contributed by atoms with van der Waals surface area (Å²) in [5, 5.41) is 9.37. The Morgan fingerprint density at radius 2 is 0.947 bits per heavy atom. The van der Waals surface area contributed by atoms with Crippen molar-refractivity contribution in [2.24, 2.45) is 0 Å². The molecule has 2 N–H and O–H groups in total. The van der Waals surface area contributed by atoms with Crippen LogP contribution in [-0.2, 0) is 9.59 Å². The minimum atomic E-state index is -0.592. The summed E-state index contributed by atoms with van der Waals surface area (Å²) in [5.41, 5.74) is 3.61. The van der Waals surface area contributed by atoms with Crippen LogP contribution in [0.25, 0.3) is 44.2 Å². The Hall–Kier alpha value is -7.14. The van der Waals surface area contributed by atoms with Crippen LogP contribution < -0.4 is 10.6 Å². The van der Waals surface area contributed by atoms with E-state index >= 15 is 0 Å². The van der Waals surface area contributed by atoms with Gasteiger partial charge in [0.05, 0.1) is 0 Å². The maximum Gasteiger partial charge on any atom is 0.273 e. The van der Waals surface area contributed by atoms with Crippen molar-refractivity contribution in [3.63, 3.8) is 0 Å². The van der Waals surface area contributed by atoms with E-state index in [1.54, 1.807) is 22.2 Å². The van der Waals surface area contributed by atoms with Crippen molar-refractivity contribution in [3.05, 3.63) is 145 Å². The molecular formula is C46H38N6O5. The van der Waals surface area contributed by atoms with Gasteiger partial charge >= 0.3 is 0 Å². The zero-order valence-electron chi connectivity index (χ0n) is 30.9. The summed E-state index contributed by atoms with van der Waals surface area (Å²) in [6.07, 6.45) is 5.88. The van der Waals surface area contributed by atoms with Crippen LogP contribution in [0.1, 0.15) is 46.7 Å². The second-order valence-electron chi connectivity index (χ2n) is 14.4. The molecule has 0 saturated carbocycles. The fraction of sp³-hybridized carbons (Fsp3) is 0.174. The molecule has 2 atom stereocenters. The van der Waals surface area contributed by atoms with Crippen LogP contribution in [0.4, 0.5) is 11.4 Å². The van der Waals surface area contributed by atoms with Gasteiger partial charge in [-0.3, -0.25) is 29.1 Å². The number of amides is 4. The molecule has 11 heteroatoms. The molecule has 0 unspecified atom stereocenters. The number of carbonyl (C=O) groups excluding carboxylic acids is 4. The second-order valence-corrected chi connectivity index (χ2v) is 14.4. The zero-order chi connectivity index (χ0) is 38.9. The fourth-order valence-corrected chi connectivity index (χ4v) is 7.95. The van der Waals surface area contributed by atoms with Crippen molar-refractivity contribution in [1.82, 2.24) is 19.8 Å². The van der Waals surface area contributed by atoms with Gasteiger partial charge in [0, 0.05) is 58.8 Å². The summed E-state index contributed by atoms with van der Waals surface area (Å²) in [4.78, 5) is 66.1. The number of furan rings is 1. The van der Waals surface area contributed by atoms with Crippen LogP contribution in [0.15, 0.2) is 138 Å². The molecule has 11 nitrogen and oxygen atoms in total. The van der Waals surface area contributed by atoms with Gasteiger partial charge in [0.2, 0.25) is 11.8 Å². The average Bonchev–Trinajstić information content (AvgIpc) is 4.06. The Balaban J connectivity index is 0.819. The molecule has 2 fully saturated rings. The van der Waals surface area contributed by atoms with E-state index in [0.29, 0.717) is 60.2 Å². The molecule has 2 aliphatic rings. The Morgan fingerprint density at radius 3 is 1.39 bits per heavy atom. The molecule has 4 amide bonds. The van der Waals surface area contributed by atoms with Crippen LogP contribution in [0.5, 0.6) is 0 Å². The lowest BCUT2D eigenvalue weighted by Crippen LogP contribution is -2.43. The molecule has 4 aromatic carbocycles. The van der Waals surface area contributed by atoms with Crippen LogP contribution in [-0.4, -0.2) is 68.6 Å². The first kappa shape index (κ1) is 35.6. The highest BCUT2D eigenvalue weighted by atomic mass is 16.3. The molecule has 2 aliphatic heterocycles. The molecule has 2 saturated heterocycles. The van der Waals surface area contributed by atoms with Gasteiger partial charge < -0.3 is 24.9 Å². The van der Waals surface area contributed by atoms with E-state index in [4.69, 9.17) is 4.42 Å². The smallest absolute Gasteiger partial charge is 0.273 e. The van der Waals surface area contributed by atoms with E-state index < -0.39 is 12.1 Å². The number of anilines is 2. The van der Waals surface area contributed by atoms with Crippen molar-refractivity contribution in [2.75, 3.05) is 23.7 Å². The van der Waals surface area contributed by atoms with Gasteiger partial charge in [-0.2, -0.15) is 0 Å². The van der Waals surface area contributed by atoms with Gasteiger partial charge in [-0.15, -0.1) is 0 Å². The molecule has 0 bridgehead atoms. The molecule has 0 spiro atoms. The van der Waals surface area contributed by atoms with Crippen molar-refractivity contribution >= 4 is 56.5 Å². The van der Waals surface area contributed by atoms with E-state index in [9.17, 15) is 19.2 Å². The number of benzene rings is 4. The molecule has 0 aliphatic carbocycles. The van der Waals surface area contributed by atoms with Gasteiger partial charge in [-0.1, -0.05) is 48.5 Å². The van der Waals surface area contributed by atoms with Crippen molar-refractivity contribution in [2.45, 2.75) is 37.8 Å². The Bertz CT molecular complexity index is 2460. The van der Waals surface area contributed by atoms with Gasteiger partial charge in [0.1, 0.15) is 35.0 Å². The molecule has 3 aromatic heterocycles. The number of aromatic nitrogens is 2. The third kappa shape index (κ3) is 6.99. The highest BCUT2D eigenvalue weighted by Gasteiger charge is 2.37. The number of rotatable bonds is 8. The Morgan fingerprint density at radius 1 is 0.526 bits per heavy atom. The maximum absolute atomic E-state index is 13.6. The topological polar surface area (TPSA) is 138 Å². The van der Waals surface area contributed by atoms with Gasteiger partial charge in [-0.05, 0) is 109 Å². The third-order valence-electron chi connectivity index (χ3n) is 10.9. The predicted molar refractivity (Wildman–Crippen MR) is 218 cm³/mol. The summed E-state index contributed by atoms with van der Waals surface area (Å²) in [6.45, 7) is 0.983. The highest BCUT2D eigenvalue weighted by molar-refractivity contribution is 6.09. The Kier molecular flexibility index (Phi) is 9.47. The minimum Gasteiger partial charge on any atom is -0.456 e. The predicted octanol–water partition coefficient (Wildman–Crippen LogP) is 8.20. The van der Waals surface area contributed by atoms with E-state index in [0.717, 1.165) is 45.5 Å². The highest BCUT2D eigenvalue weighted by Crippen LogP contribution is 2.31. The lowest BCUT2D eigenvalue weighted by Gasteiger charge is -2.24. The molecule has 282 valence electrons. The molecule has 7 aromatic rings. The number of carbonyl (C=O) groups is 4. The van der Waals surface area contributed by atoms with Crippen LogP contribution in [0.3, 0.4) is 0 Å². The van der Waals surface area contributed by atoms with Gasteiger partial charge in [0.15, 0.2) is 0 Å². The average molecular weight is 755 g/mol. The summed E-state index contributed by atoms with van der Waals surface area (Å²) in [5.74, 6) is 0.353. The monoisotopic (exact) mass is 754 g/mol. The molecule has 0 radical (unpaired) electrons. The number of hydrogen-bond donors (Lipinski definition) is 2. The third-order valence-corrected chi connectivity index (χ3v) is 10.9. The van der Waals surface area contributed by atoms with Crippen molar-refractivity contribution in [1.29, 1.82) is 0 Å². The minimum absolute atomic E-state index is 0.235. The zero-order valence-corrected chi connectivity index (χ0v) is 30.9. The summed E-state index contributed by atoms with van der Waals surface area (Å²) < 4.78 is 6.21. The van der Waals surface area contributed by atoms with Crippen molar-refractivity contribution in [3.8, 4) is 22.6 Å². The number of nitrogens with one attached hydrogen (secondary N) is 2. The lowest BCUT2D eigenvalue weighted by atomic mass is 10.1. The number of fused-ring (bicyclic) bond motifs is 2. The van der Waals surface area contributed by atoms with Crippen LogP contribution in [0.2, 0.25) is 0 Å². The van der Waals surface area contributed by atoms with Crippen molar-refractivity contribution < 1.29 is 23.6 Å². The van der Waals surface area contributed by atoms with Gasteiger partial charge in [-0.25, -0.2) is 0 Å². The second kappa shape index (κ2) is 15.2. The molecule has 5 heterocycles. The normalized spacial score (nSPS) is 16.6. The fourth-order valence-electron chi connectivity index (χ4n) is 7.95. The summed E-state index contributed by atoms with van der Waals surface area (Å²) >= 11 is 0. The standard InChI is InChI=1S/C46H38N6O5/c53-43(37-11-5-27-51(37)45(55)41-35-9-3-1-7-29(35)23-25-47-41)49-33-17-13-31(14-18-33)39-21-22-40(57-39)32-15-19-34(20-16-32)50-44(54)38-12-6-28-52(38)46(56)42-36-10-4-2-8-30(36)24-26-48-42/h1-4,7-10,13-26,37-38H,5-6,11-12,27-28H2,(H,49,53)(H,50,54)/t37-,38-/m0/s1. The van der Waals surface area contributed by atoms with E-state index in [1.807, 2.05) is 121 Å². The molecule has 57 heavy (non-hydrogen) atoms. The first-order valence-corrected chi connectivity index (χ1v) is 19.1. The van der Waals surface area contributed by atoms with Crippen LogP contribution >= 0.6 is 0 Å². The lowest BCUT2D eigenvalue weighted by molar-refractivity contribution is -0.120. The first-order valence-electron chi connectivity index (χ1n) is 19.1. The quantitative estimate of drug-likeness (QED) is 0.160. The van der Waals surface area contributed by atoms with E-state index in [-0.39, 0.29) is 23.6 Å². The number of hydrogen-bond acceptors (Lipinski definition) is 7. The summed E-state index contributed by atoms with van der Waals surface area (Å²) in [6, 6.07) is 36.4. The SMILES string of the molecule is O=C(Nc1ccc(-c2ccc(-c3ccc(NC(=O)[C@@H]4CCCN4C(=O)c4nccc5ccccc45)cc3)o2)cc1)[C@@H]1CCCN1C(=O)c1nccc2ccccc12. The Labute approximate surface area is 328 Å². The van der Waals surface area contributed by atoms with Crippen LogP contribution in [0, 0.1) is 0 Å². The molecule has 9 rings (SSSR count). The maximum atomic E-state index is 13.6. The summed E-state index contributed by atoms with van der Waals surface area (Å²) in [7, 11) is 0. The molecular weight excluding hydrogens is 717 g/mol.